The molecule has 2 atom stereocenters. The Balaban J connectivity index is 1.96. The number of carbonyl (C=O) groups excluding carboxylic acids is 1. The van der Waals surface area contributed by atoms with E-state index < -0.39 is 11.4 Å². The predicted octanol–water partition coefficient (Wildman–Crippen LogP) is 3.79. The topological polar surface area (TPSA) is 44.8 Å². The molecular formula is C16H27ClO4. The van der Waals surface area contributed by atoms with Gasteiger partial charge in [-0.15, -0.1) is 11.6 Å². The first-order valence-electron chi connectivity index (χ1n) is 7.95. The zero-order valence-corrected chi connectivity index (χ0v) is 14.1. The molecule has 122 valence electrons. The Morgan fingerprint density at radius 2 is 1.81 bits per heavy atom. The van der Waals surface area contributed by atoms with Gasteiger partial charge in [-0.05, 0) is 33.6 Å². The highest BCUT2D eigenvalue weighted by Gasteiger charge is 2.43. The first-order chi connectivity index (χ1) is 9.82. The van der Waals surface area contributed by atoms with Crippen molar-refractivity contribution in [3.8, 4) is 0 Å². The molecule has 0 aromatic carbocycles. The third-order valence-corrected chi connectivity index (χ3v) is 4.23. The molecule has 1 heterocycles. The van der Waals surface area contributed by atoms with E-state index in [-0.39, 0.29) is 24.6 Å². The normalized spacial score (nSPS) is 29.3. The van der Waals surface area contributed by atoms with E-state index in [0.717, 1.165) is 25.7 Å². The number of carbonyl (C=O) groups is 1. The highest BCUT2D eigenvalue weighted by molar-refractivity contribution is 6.18. The lowest BCUT2D eigenvalue weighted by Gasteiger charge is -2.46. The Morgan fingerprint density at radius 3 is 2.38 bits per heavy atom. The molecule has 5 heteroatoms. The van der Waals surface area contributed by atoms with Crippen LogP contribution in [0.25, 0.3) is 0 Å². The minimum atomic E-state index is -0.525. The van der Waals surface area contributed by atoms with Crippen LogP contribution in [0.5, 0.6) is 0 Å². The molecule has 0 aromatic rings. The molecule has 0 bridgehead atoms. The lowest BCUT2D eigenvalue weighted by Crippen LogP contribution is -2.50. The molecule has 21 heavy (non-hydrogen) atoms. The maximum atomic E-state index is 12.0. The monoisotopic (exact) mass is 318 g/mol. The third kappa shape index (κ3) is 5.11. The van der Waals surface area contributed by atoms with E-state index in [4.69, 9.17) is 25.8 Å². The average Bonchev–Trinajstić information content (AvgIpc) is 2.36. The van der Waals surface area contributed by atoms with Crippen molar-refractivity contribution >= 4 is 17.6 Å². The van der Waals surface area contributed by atoms with E-state index in [0.29, 0.717) is 12.3 Å². The average molecular weight is 319 g/mol. The Bertz CT molecular complexity index is 358. The van der Waals surface area contributed by atoms with Crippen LogP contribution in [0.2, 0.25) is 0 Å². The van der Waals surface area contributed by atoms with Crippen molar-refractivity contribution in [3.05, 3.63) is 0 Å². The van der Waals surface area contributed by atoms with Gasteiger partial charge in [0.2, 0.25) is 0 Å². The van der Waals surface area contributed by atoms with Gasteiger partial charge in [-0.1, -0.05) is 6.42 Å². The fourth-order valence-electron chi connectivity index (χ4n) is 3.14. The van der Waals surface area contributed by atoms with Crippen LogP contribution < -0.4 is 0 Å². The predicted molar refractivity (Wildman–Crippen MR) is 81.4 cm³/mol. The van der Waals surface area contributed by atoms with Gasteiger partial charge in [-0.3, -0.25) is 4.79 Å². The van der Waals surface area contributed by atoms with Crippen LogP contribution in [0.1, 0.15) is 65.7 Å². The van der Waals surface area contributed by atoms with Crippen LogP contribution in [0.15, 0.2) is 0 Å². The molecule has 2 fully saturated rings. The SMILES string of the molecule is CC(C)(C)OC(=O)CC1CC(CCl)OC2(CCCCC2)O1. The highest BCUT2D eigenvalue weighted by Crippen LogP contribution is 2.40. The van der Waals surface area contributed by atoms with Crippen LogP contribution in [0, 0.1) is 0 Å². The van der Waals surface area contributed by atoms with Gasteiger partial charge in [0.25, 0.3) is 0 Å². The second-order valence-electron chi connectivity index (χ2n) is 7.13. The van der Waals surface area contributed by atoms with Crippen LogP contribution in [-0.4, -0.2) is 35.4 Å². The largest absolute Gasteiger partial charge is 0.460 e. The van der Waals surface area contributed by atoms with Crippen molar-refractivity contribution in [1.29, 1.82) is 0 Å². The molecule has 0 amide bonds. The van der Waals surface area contributed by atoms with Gasteiger partial charge in [0, 0.05) is 25.1 Å². The van der Waals surface area contributed by atoms with Crippen LogP contribution in [0.4, 0.5) is 0 Å². The van der Waals surface area contributed by atoms with Gasteiger partial charge >= 0.3 is 5.97 Å². The maximum Gasteiger partial charge on any atom is 0.308 e. The molecule has 1 saturated heterocycles. The van der Waals surface area contributed by atoms with E-state index in [1.807, 2.05) is 20.8 Å². The summed E-state index contributed by atoms with van der Waals surface area (Å²) >= 11 is 5.99. The van der Waals surface area contributed by atoms with Crippen molar-refractivity contribution in [3.63, 3.8) is 0 Å². The number of halogens is 1. The molecule has 2 unspecified atom stereocenters. The standard InChI is InChI=1S/C16H27ClO4/c1-15(2,3)21-14(18)10-12-9-13(11-17)20-16(19-12)7-5-4-6-8-16/h12-13H,4-11H2,1-3H3. The van der Waals surface area contributed by atoms with Crippen LogP contribution >= 0.6 is 11.6 Å². The van der Waals surface area contributed by atoms with Crippen molar-refractivity contribution in [2.75, 3.05) is 5.88 Å². The van der Waals surface area contributed by atoms with Crippen molar-refractivity contribution in [1.82, 2.24) is 0 Å². The first-order valence-corrected chi connectivity index (χ1v) is 8.49. The molecule has 2 aliphatic rings. The minimum Gasteiger partial charge on any atom is -0.460 e. The summed E-state index contributed by atoms with van der Waals surface area (Å²) in [7, 11) is 0. The zero-order chi connectivity index (χ0) is 15.5. The zero-order valence-electron chi connectivity index (χ0n) is 13.3. The molecule has 1 aliphatic heterocycles. The Morgan fingerprint density at radius 1 is 1.19 bits per heavy atom. The third-order valence-electron chi connectivity index (χ3n) is 3.89. The number of hydrogen-bond donors (Lipinski definition) is 0. The van der Waals surface area contributed by atoms with E-state index >= 15 is 0 Å². The van der Waals surface area contributed by atoms with Crippen molar-refractivity contribution < 1.29 is 19.0 Å². The number of rotatable bonds is 3. The quantitative estimate of drug-likeness (QED) is 0.586. The number of alkyl halides is 1. The summed E-state index contributed by atoms with van der Waals surface area (Å²) in [6.45, 7) is 5.62. The van der Waals surface area contributed by atoms with E-state index in [2.05, 4.69) is 0 Å². The Kier molecular flexibility index (Phi) is 5.55. The molecule has 1 saturated carbocycles. The minimum absolute atomic E-state index is 0.0362. The van der Waals surface area contributed by atoms with Gasteiger partial charge in [0.05, 0.1) is 18.6 Å². The van der Waals surface area contributed by atoms with E-state index in [1.54, 1.807) is 0 Å². The summed E-state index contributed by atoms with van der Waals surface area (Å²) in [6.07, 6.45) is 5.96. The smallest absolute Gasteiger partial charge is 0.308 e. The molecule has 0 radical (unpaired) electrons. The van der Waals surface area contributed by atoms with Gasteiger partial charge in [0.1, 0.15) is 5.60 Å². The first kappa shape index (κ1) is 17.0. The number of hydrogen-bond acceptors (Lipinski definition) is 4. The fraction of sp³-hybridized carbons (Fsp3) is 0.938. The summed E-state index contributed by atoms with van der Waals surface area (Å²) in [5, 5.41) is 0. The highest BCUT2D eigenvalue weighted by atomic mass is 35.5. The summed E-state index contributed by atoms with van der Waals surface area (Å²) in [5.74, 6) is -0.299. The maximum absolute atomic E-state index is 12.0. The van der Waals surface area contributed by atoms with Gasteiger partial charge in [-0.25, -0.2) is 0 Å². The lowest BCUT2D eigenvalue weighted by atomic mass is 9.92. The van der Waals surface area contributed by atoms with Gasteiger partial charge < -0.3 is 14.2 Å². The second-order valence-corrected chi connectivity index (χ2v) is 7.44. The Hall–Kier alpha value is -0.320. The molecule has 4 nitrogen and oxygen atoms in total. The molecule has 1 aliphatic carbocycles. The summed E-state index contributed by atoms with van der Waals surface area (Å²) < 4.78 is 17.6. The van der Waals surface area contributed by atoms with Crippen molar-refractivity contribution in [2.45, 2.75) is 89.3 Å². The van der Waals surface area contributed by atoms with Crippen LogP contribution in [-0.2, 0) is 19.0 Å². The fourth-order valence-corrected chi connectivity index (χ4v) is 3.33. The van der Waals surface area contributed by atoms with Crippen LogP contribution in [0.3, 0.4) is 0 Å². The van der Waals surface area contributed by atoms with E-state index in [9.17, 15) is 4.79 Å². The summed E-state index contributed by atoms with van der Waals surface area (Å²) in [4.78, 5) is 12.0. The Labute approximate surface area is 132 Å². The molecular weight excluding hydrogens is 292 g/mol. The van der Waals surface area contributed by atoms with Crippen molar-refractivity contribution in [2.24, 2.45) is 0 Å². The molecule has 1 spiro atoms. The van der Waals surface area contributed by atoms with Gasteiger partial charge in [-0.2, -0.15) is 0 Å². The van der Waals surface area contributed by atoms with E-state index in [1.165, 1.54) is 6.42 Å². The number of ether oxygens (including phenoxy) is 3. The van der Waals surface area contributed by atoms with Gasteiger partial charge in [0.15, 0.2) is 5.79 Å². The summed E-state index contributed by atoms with van der Waals surface area (Å²) in [6, 6.07) is 0. The number of esters is 1. The lowest BCUT2D eigenvalue weighted by molar-refractivity contribution is -0.325. The molecule has 0 aromatic heterocycles. The molecule has 2 rings (SSSR count). The summed E-state index contributed by atoms with van der Waals surface area (Å²) in [5.41, 5.74) is -0.462. The molecule has 0 N–H and O–H groups in total. The second kappa shape index (κ2) is 6.84.